The van der Waals surface area contributed by atoms with Crippen molar-refractivity contribution >= 4 is 28.8 Å². The Morgan fingerprint density at radius 1 is 1.08 bits per heavy atom. The van der Waals surface area contributed by atoms with E-state index in [1.165, 1.54) is 14.2 Å². The molecule has 7 heteroatoms. The number of H-pyrrole nitrogens is 1. The SMILES string of the molecule is CCOC(=O)[C@H]1c2[nH]c3ccccc3c2C[C@@H](C(=O)OC)[C@@H]1C(=O)OC. The minimum atomic E-state index is -1.01. The second-order valence-electron chi connectivity index (χ2n) is 6.18. The number of benzene rings is 1. The van der Waals surface area contributed by atoms with Gasteiger partial charge in [-0.15, -0.1) is 0 Å². The van der Waals surface area contributed by atoms with E-state index in [0.717, 1.165) is 16.5 Å². The number of ether oxygens (including phenoxy) is 3. The van der Waals surface area contributed by atoms with E-state index in [2.05, 4.69) is 4.98 Å². The van der Waals surface area contributed by atoms with Crippen molar-refractivity contribution in [3.05, 3.63) is 35.5 Å². The molecule has 0 aliphatic heterocycles. The lowest BCUT2D eigenvalue weighted by Crippen LogP contribution is -2.43. The smallest absolute Gasteiger partial charge is 0.315 e. The molecule has 1 aromatic heterocycles. The van der Waals surface area contributed by atoms with Crippen LogP contribution in [0, 0.1) is 11.8 Å². The molecule has 0 bridgehead atoms. The van der Waals surface area contributed by atoms with Gasteiger partial charge in [-0.3, -0.25) is 14.4 Å². The Morgan fingerprint density at radius 3 is 2.42 bits per heavy atom. The number of esters is 3. The molecule has 2 aromatic rings. The molecule has 26 heavy (non-hydrogen) atoms. The molecular weight excluding hydrogens is 338 g/mol. The predicted molar refractivity (Wildman–Crippen MR) is 92.4 cm³/mol. The molecule has 0 unspecified atom stereocenters. The highest BCUT2D eigenvalue weighted by Crippen LogP contribution is 2.44. The van der Waals surface area contributed by atoms with E-state index < -0.39 is 35.7 Å². The van der Waals surface area contributed by atoms with Crippen molar-refractivity contribution in [3.8, 4) is 0 Å². The number of hydrogen-bond acceptors (Lipinski definition) is 6. The normalized spacial score (nSPS) is 21.7. The molecule has 3 atom stereocenters. The summed E-state index contributed by atoms with van der Waals surface area (Å²) in [6, 6.07) is 7.56. The zero-order valence-electron chi connectivity index (χ0n) is 14.9. The van der Waals surface area contributed by atoms with Gasteiger partial charge in [0, 0.05) is 16.6 Å². The molecule has 1 aliphatic carbocycles. The maximum atomic E-state index is 12.7. The lowest BCUT2D eigenvalue weighted by Gasteiger charge is -2.33. The first-order valence-corrected chi connectivity index (χ1v) is 8.45. The molecule has 1 N–H and O–H groups in total. The Bertz CT molecular complexity index is 855. The van der Waals surface area contributed by atoms with Crippen LogP contribution in [-0.4, -0.2) is 43.7 Å². The zero-order valence-corrected chi connectivity index (χ0v) is 14.9. The third-order valence-electron chi connectivity index (χ3n) is 4.89. The van der Waals surface area contributed by atoms with E-state index >= 15 is 0 Å². The number of para-hydroxylation sites is 1. The van der Waals surface area contributed by atoms with Crippen molar-refractivity contribution in [2.45, 2.75) is 19.3 Å². The second-order valence-corrected chi connectivity index (χ2v) is 6.18. The number of methoxy groups -OCH3 is 2. The Kier molecular flexibility index (Phi) is 4.97. The van der Waals surface area contributed by atoms with Crippen molar-refractivity contribution in [3.63, 3.8) is 0 Å². The van der Waals surface area contributed by atoms with E-state index in [-0.39, 0.29) is 13.0 Å². The predicted octanol–water partition coefficient (Wildman–Crippen LogP) is 1.95. The van der Waals surface area contributed by atoms with Gasteiger partial charge in [0.05, 0.1) is 32.7 Å². The van der Waals surface area contributed by atoms with Gasteiger partial charge in [-0.2, -0.15) is 0 Å². The van der Waals surface area contributed by atoms with E-state index in [1.807, 2.05) is 24.3 Å². The summed E-state index contributed by atoms with van der Waals surface area (Å²) >= 11 is 0. The number of aromatic amines is 1. The Hall–Kier alpha value is -2.83. The van der Waals surface area contributed by atoms with Crippen LogP contribution in [0.3, 0.4) is 0 Å². The molecule has 0 spiro atoms. The fourth-order valence-electron chi connectivity index (χ4n) is 3.78. The highest BCUT2D eigenvalue weighted by atomic mass is 16.5. The number of nitrogens with one attached hydrogen (secondary N) is 1. The molecule has 0 saturated carbocycles. The van der Waals surface area contributed by atoms with Crippen LogP contribution in [0.25, 0.3) is 10.9 Å². The van der Waals surface area contributed by atoms with Gasteiger partial charge < -0.3 is 19.2 Å². The minimum Gasteiger partial charge on any atom is -0.469 e. The second kappa shape index (κ2) is 7.19. The van der Waals surface area contributed by atoms with Gasteiger partial charge in [-0.25, -0.2) is 0 Å². The summed E-state index contributed by atoms with van der Waals surface area (Å²) < 4.78 is 15.0. The monoisotopic (exact) mass is 359 g/mol. The summed E-state index contributed by atoms with van der Waals surface area (Å²) in [5, 5.41) is 0.911. The zero-order chi connectivity index (χ0) is 18.8. The third-order valence-corrected chi connectivity index (χ3v) is 4.89. The van der Waals surface area contributed by atoms with Crippen LogP contribution in [0.15, 0.2) is 24.3 Å². The summed E-state index contributed by atoms with van der Waals surface area (Å²) in [5.41, 5.74) is 2.26. The van der Waals surface area contributed by atoms with Gasteiger partial charge in [-0.05, 0) is 25.0 Å². The van der Waals surface area contributed by atoms with Gasteiger partial charge in [0.15, 0.2) is 0 Å². The van der Waals surface area contributed by atoms with E-state index in [4.69, 9.17) is 14.2 Å². The fourth-order valence-corrected chi connectivity index (χ4v) is 3.78. The molecule has 3 rings (SSSR count). The van der Waals surface area contributed by atoms with Crippen LogP contribution in [0.1, 0.15) is 24.1 Å². The average molecular weight is 359 g/mol. The quantitative estimate of drug-likeness (QED) is 0.662. The van der Waals surface area contributed by atoms with Crippen LogP contribution >= 0.6 is 0 Å². The molecule has 0 amide bonds. The van der Waals surface area contributed by atoms with Crippen molar-refractivity contribution < 1.29 is 28.6 Å². The number of fused-ring (bicyclic) bond motifs is 3. The Balaban J connectivity index is 2.22. The number of hydrogen-bond donors (Lipinski definition) is 1. The molecule has 138 valence electrons. The first-order valence-electron chi connectivity index (χ1n) is 8.45. The summed E-state index contributed by atoms with van der Waals surface area (Å²) in [7, 11) is 2.50. The Morgan fingerprint density at radius 2 is 1.77 bits per heavy atom. The van der Waals surface area contributed by atoms with Gasteiger partial charge >= 0.3 is 17.9 Å². The summed E-state index contributed by atoms with van der Waals surface area (Å²) in [6.07, 6.45) is 0.279. The molecule has 0 saturated heterocycles. The summed E-state index contributed by atoms with van der Waals surface area (Å²) in [5.74, 6) is -4.54. The first-order chi connectivity index (χ1) is 12.5. The molecule has 1 aliphatic rings. The maximum absolute atomic E-state index is 12.7. The molecule has 0 fully saturated rings. The van der Waals surface area contributed by atoms with Crippen LogP contribution < -0.4 is 0 Å². The van der Waals surface area contributed by atoms with E-state index in [1.54, 1.807) is 6.92 Å². The van der Waals surface area contributed by atoms with Gasteiger partial charge in [0.1, 0.15) is 5.92 Å². The lowest BCUT2D eigenvalue weighted by atomic mass is 9.70. The highest BCUT2D eigenvalue weighted by molar-refractivity contribution is 5.95. The largest absolute Gasteiger partial charge is 0.469 e. The summed E-state index contributed by atoms with van der Waals surface area (Å²) in [6.45, 7) is 1.86. The molecule has 0 radical (unpaired) electrons. The van der Waals surface area contributed by atoms with Crippen LogP contribution in [0.4, 0.5) is 0 Å². The molecule has 7 nitrogen and oxygen atoms in total. The molecule has 1 heterocycles. The molecular formula is C19H21NO6. The topological polar surface area (TPSA) is 94.7 Å². The summed E-state index contributed by atoms with van der Waals surface area (Å²) in [4.78, 5) is 40.8. The maximum Gasteiger partial charge on any atom is 0.315 e. The third kappa shape index (κ3) is 2.83. The van der Waals surface area contributed by atoms with Crippen molar-refractivity contribution in [2.75, 3.05) is 20.8 Å². The van der Waals surface area contributed by atoms with Gasteiger partial charge in [-0.1, -0.05) is 18.2 Å². The first kappa shape index (κ1) is 18.0. The van der Waals surface area contributed by atoms with Gasteiger partial charge in [0.25, 0.3) is 0 Å². The van der Waals surface area contributed by atoms with E-state index in [9.17, 15) is 14.4 Å². The number of aromatic nitrogens is 1. The standard InChI is InChI=1S/C19H21NO6/c1-4-26-19(23)15-14(18(22)25-3)12(17(21)24-2)9-11-10-7-5-6-8-13(10)20-16(11)15/h5-8,12,14-15,20H,4,9H2,1-3H3/t12-,14+,15-/m1/s1. The highest BCUT2D eigenvalue weighted by Gasteiger charge is 2.50. The fraction of sp³-hybridized carbons (Fsp3) is 0.421. The Labute approximate surface area is 150 Å². The lowest BCUT2D eigenvalue weighted by molar-refractivity contribution is -0.164. The number of rotatable bonds is 4. The average Bonchev–Trinajstić information content (AvgIpc) is 3.03. The van der Waals surface area contributed by atoms with Crippen LogP contribution in [-0.2, 0) is 35.0 Å². The molecule has 1 aromatic carbocycles. The minimum absolute atomic E-state index is 0.168. The van der Waals surface area contributed by atoms with Crippen molar-refractivity contribution in [2.24, 2.45) is 11.8 Å². The van der Waals surface area contributed by atoms with Gasteiger partial charge in [0.2, 0.25) is 0 Å². The van der Waals surface area contributed by atoms with Crippen LogP contribution in [0.5, 0.6) is 0 Å². The number of carbonyl (C=O) groups is 3. The number of carbonyl (C=O) groups excluding carboxylic acids is 3. The van der Waals surface area contributed by atoms with Crippen molar-refractivity contribution in [1.82, 2.24) is 4.98 Å². The van der Waals surface area contributed by atoms with E-state index in [0.29, 0.717) is 5.69 Å². The van der Waals surface area contributed by atoms with Crippen molar-refractivity contribution in [1.29, 1.82) is 0 Å². The van der Waals surface area contributed by atoms with Crippen LogP contribution in [0.2, 0.25) is 0 Å².